The molecule has 6 heteroatoms. The highest BCUT2D eigenvalue weighted by molar-refractivity contribution is 6.05. The third-order valence-electron chi connectivity index (χ3n) is 7.72. The number of piperidine rings is 1. The van der Waals surface area contributed by atoms with Crippen molar-refractivity contribution in [2.75, 3.05) is 26.7 Å². The van der Waals surface area contributed by atoms with E-state index in [-0.39, 0.29) is 11.2 Å². The van der Waals surface area contributed by atoms with Crippen molar-refractivity contribution < 1.29 is 14.3 Å². The smallest absolute Gasteiger partial charge is 0.248 e. The van der Waals surface area contributed by atoms with Gasteiger partial charge in [0.2, 0.25) is 5.91 Å². The van der Waals surface area contributed by atoms with Gasteiger partial charge in [-0.15, -0.1) is 0 Å². The SMILES string of the molecule is COc1ccc2c(c1CCN1CCC(n3ccc4ccc(C(N)=O)cc43)CC1)CC(C)(C)C2=O. The zero-order valence-corrected chi connectivity index (χ0v) is 20.3. The Bertz CT molecular complexity index is 1270. The highest BCUT2D eigenvalue weighted by atomic mass is 16.5. The first kappa shape index (κ1) is 22.7. The normalized spacial score (nSPS) is 18.4. The lowest BCUT2D eigenvalue weighted by Crippen LogP contribution is -2.36. The van der Waals surface area contributed by atoms with Crippen LogP contribution in [0.5, 0.6) is 5.75 Å². The minimum absolute atomic E-state index is 0.241. The van der Waals surface area contributed by atoms with Gasteiger partial charge in [-0.1, -0.05) is 19.9 Å². The van der Waals surface area contributed by atoms with Crippen molar-refractivity contribution >= 4 is 22.6 Å². The number of amides is 1. The fourth-order valence-corrected chi connectivity index (χ4v) is 5.75. The summed E-state index contributed by atoms with van der Waals surface area (Å²) in [6, 6.07) is 12.1. The maximum Gasteiger partial charge on any atom is 0.248 e. The molecule has 0 atom stereocenters. The number of nitrogens with zero attached hydrogens (tertiary/aromatic N) is 2. The minimum Gasteiger partial charge on any atom is -0.496 e. The van der Waals surface area contributed by atoms with Gasteiger partial charge in [-0.2, -0.15) is 0 Å². The Morgan fingerprint density at radius 1 is 1.15 bits per heavy atom. The molecule has 0 saturated carbocycles. The van der Waals surface area contributed by atoms with Crippen molar-refractivity contribution in [3.05, 3.63) is 64.8 Å². The van der Waals surface area contributed by atoms with Gasteiger partial charge in [-0.05, 0) is 72.5 Å². The molecule has 0 unspecified atom stereocenters. The van der Waals surface area contributed by atoms with Crippen LogP contribution in [0, 0.1) is 5.41 Å². The maximum atomic E-state index is 12.8. The van der Waals surface area contributed by atoms with Crippen LogP contribution in [0.25, 0.3) is 10.9 Å². The lowest BCUT2D eigenvalue weighted by atomic mass is 9.88. The van der Waals surface area contributed by atoms with E-state index in [9.17, 15) is 9.59 Å². The van der Waals surface area contributed by atoms with Crippen LogP contribution in [0.4, 0.5) is 0 Å². The van der Waals surface area contributed by atoms with Crippen LogP contribution in [0.3, 0.4) is 0 Å². The second-order valence-electron chi connectivity index (χ2n) is 10.3. The van der Waals surface area contributed by atoms with Crippen molar-refractivity contribution in [3.8, 4) is 5.75 Å². The first-order valence-electron chi connectivity index (χ1n) is 12.1. The number of Topliss-reactive ketones (excluding diaryl/α,β-unsaturated/α-hetero) is 1. The summed E-state index contributed by atoms with van der Waals surface area (Å²) in [7, 11) is 1.71. The molecule has 1 saturated heterocycles. The summed E-state index contributed by atoms with van der Waals surface area (Å²) in [5.41, 5.74) is 10.0. The molecule has 1 aliphatic heterocycles. The number of primary amides is 1. The summed E-state index contributed by atoms with van der Waals surface area (Å²) in [5.74, 6) is 0.742. The van der Waals surface area contributed by atoms with E-state index in [1.54, 1.807) is 13.2 Å². The predicted molar refractivity (Wildman–Crippen MR) is 134 cm³/mol. The van der Waals surface area contributed by atoms with Crippen LogP contribution in [-0.2, 0) is 12.8 Å². The second kappa shape index (κ2) is 8.58. The topological polar surface area (TPSA) is 77.6 Å². The number of ether oxygens (including phenoxy) is 1. The molecule has 34 heavy (non-hydrogen) atoms. The molecule has 0 bridgehead atoms. The Balaban J connectivity index is 1.27. The van der Waals surface area contributed by atoms with Crippen LogP contribution in [0.1, 0.15) is 64.6 Å². The first-order chi connectivity index (χ1) is 16.3. The molecule has 1 amide bonds. The Hall–Kier alpha value is -3.12. The number of hydrogen-bond acceptors (Lipinski definition) is 4. The number of nitrogens with two attached hydrogens (primary N) is 1. The zero-order chi connectivity index (χ0) is 24.0. The Kier molecular flexibility index (Phi) is 5.72. The average Bonchev–Trinajstić information content (AvgIpc) is 3.35. The number of hydrogen-bond donors (Lipinski definition) is 1. The summed E-state index contributed by atoms with van der Waals surface area (Å²) < 4.78 is 7.99. The van der Waals surface area contributed by atoms with Gasteiger partial charge in [0.25, 0.3) is 0 Å². The van der Waals surface area contributed by atoms with E-state index in [4.69, 9.17) is 10.5 Å². The second-order valence-corrected chi connectivity index (χ2v) is 10.3. The van der Waals surface area contributed by atoms with Crippen molar-refractivity contribution in [2.45, 2.75) is 45.6 Å². The van der Waals surface area contributed by atoms with Crippen LogP contribution < -0.4 is 10.5 Å². The van der Waals surface area contributed by atoms with Gasteiger partial charge in [0, 0.05) is 53.9 Å². The Morgan fingerprint density at radius 3 is 2.62 bits per heavy atom. The van der Waals surface area contributed by atoms with E-state index in [1.165, 1.54) is 11.1 Å². The third kappa shape index (κ3) is 3.90. The number of carbonyl (C=O) groups excluding carboxylic acids is 2. The van der Waals surface area contributed by atoms with Gasteiger partial charge in [0.05, 0.1) is 7.11 Å². The van der Waals surface area contributed by atoms with Crippen LogP contribution in [0.15, 0.2) is 42.6 Å². The van der Waals surface area contributed by atoms with Gasteiger partial charge in [0.15, 0.2) is 5.78 Å². The number of aromatic nitrogens is 1. The lowest BCUT2D eigenvalue weighted by Gasteiger charge is -2.33. The first-order valence-corrected chi connectivity index (χ1v) is 12.1. The molecule has 178 valence electrons. The van der Waals surface area contributed by atoms with E-state index >= 15 is 0 Å². The predicted octanol–water partition coefficient (Wildman–Crippen LogP) is 4.39. The zero-order valence-electron chi connectivity index (χ0n) is 20.3. The summed E-state index contributed by atoms with van der Waals surface area (Å²) >= 11 is 0. The Morgan fingerprint density at radius 2 is 1.91 bits per heavy atom. The van der Waals surface area contributed by atoms with E-state index < -0.39 is 5.91 Å². The van der Waals surface area contributed by atoms with Crippen molar-refractivity contribution in [1.29, 1.82) is 0 Å². The molecule has 1 fully saturated rings. The van der Waals surface area contributed by atoms with Crippen molar-refractivity contribution in [1.82, 2.24) is 9.47 Å². The number of benzene rings is 2. The summed E-state index contributed by atoms with van der Waals surface area (Å²) in [6.07, 6.45) is 5.91. The molecule has 0 radical (unpaired) electrons. The van der Waals surface area contributed by atoms with Crippen LogP contribution >= 0.6 is 0 Å². The largest absolute Gasteiger partial charge is 0.496 e. The number of likely N-dealkylation sites (tertiary alicyclic amines) is 1. The molecule has 1 aromatic heterocycles. The van der Waals surface area contributed by atoms with Crippen LogP contribution in [-0.4, -0.2) is 47.9 Å². The standard InChI is InChI=1S/C28H33N3O3/c1-28(2)17-23-21(25(34-3)7-6-22(23)26(28)32)11-14-30-12-9-20(10-13-30)31-15-8-18-4-5-19(27(29)33)16-24(18)31/h4-8,15-16,20H,9-14,17H2,1-3H3,(H2,29,33). The van der Waals surface area contributed by atoms with Gasteiger partial charge in [-0.25, -0.2) is 0 Å². The average molecular weight is 460 g/mol. The van der Waals surface area contributed by atoms with Gasteiger partial charge < -0.3 is 19.9 Å². The molecule has 2 aromatic carbocycles. The fraction of sp³-hybridized carbons (Fsp3) is 0.429. The van der Waals surface area contributed by atoms with Gasteiger partial charge in [0.1, 0.15) is 5.75 Å². The molecule has 6 nitrogen and oxygen atoms in total. The molecule has 3 aromatic rings. The fourth-order valence-electron chi connectivity index (χ4n) is 5.75. The molecule has 5 rings (SSSR count). The Labute approximate surface area is 200 Å². The molecular formula is C28H33N3O3. The molecule has 2 N–H and O–H groups in total. The van der Waals surface area contributed by atoms with Crippen molar-refractivity contribution in [2.24, 2.45) is 11.1 Å². The molecule has 2 aliphatic rings. The monoisotopic (exact) mass is 459 g/mol. The highest BCUT2D eigenvalue weighted by Gasteiger charge is 2.39. The van der Waals surface area contributed by atoms with E-state index in [0.717, 1.165) is 67.5 Å². The highest BCUT2D eigenvalue weighted by Crippen LogP contribution is 2.41. The molecule has 1 aliphatic carbocycles. The third-order valence-corrected chi connectivity index (χ3v) is 7.72. The van der Waals surface area contributed by atoms with E-state index in [2.05, 4.69) is 21.7 Å². The number of methoxy groups -OCH3 is 1. The molecule has 0 spiro atoms. The quantitative estimate of drug-likeness (QED) is 0.593. The summed E-state index contributed by atoms with van der Waals surface area (Å²) in [4.78, 5) is 26.9. The number of carbonyl (C=O) groups is 2. The van der Waals surface area contributed by atoms with Crippen LogP contribution in [0.2, 0.25) is 0 Å². The minimum atomic E-state index is -0.391. The van der Waals surface area contributed by atoms with E-state index in [0.29, 0.717) is 11.6 Å². The lowest BCUT2D eigenvalue weighted by molar-refractivity contribution is 0.0863. The number of fused-ring (bicyclic) bond motifs is 2. The summed E-state index contributed by atoms with van der Waals surface area (Å²) in [5, 5.41) is 1.13. The number of ketones is 1. The van der Waals surface area contributed by atoms with Crippen molar-refractivity contribution in [3.63, 3.8) is 0 Å². The summed E-state index contributed by atoms with van der Waals surface area (Å²) in [6.45, 7) is 7.05. The number of rotatable bonds is 6. The molecule has 2 heterocycles. The van der Waals surface area contributed by atoms with E-state index in [1.807, 2.05) is 38.1 Å². The maximum absolute atomic E-state index is 12.8. The van der Waals surface area contributed by atoms with Gasteiger partial charge in [-0.3, -0.25) is 9.59 Å². The molecular weight excluding hydrogens is 426 g/mol. The van der Waals surface area contributed by atoms with Gasteiger partial charge >= 0.3 is 0 Å².